The molecule has 6 nitrogen and oxygen atoms in total. The molecule has 2 aromatic carbocycles. The van der Waals surface area contributed by atoms with E-state index < -0.39 is 0 Å². The highest BCUT2D eigenvalue weighted by atomic mass is 16.1. The van der Waals surface area contributed by atoms with E-state index in [1.165, 1.54) is 102 Å². The number of carbonyl (C=O) groups excluding carboxylic acids is 1. The molecule has 2 aromatic heterocycles. The molecule has 0 unspecified atom stereocenters. The van der Waals surface area contributed by atoms with Gasteiger partial charge in [0.15, 0.2) is 5.82 Å². The monoisotopic (exact) mass is 654 g/mol. The first kappa shape index (κ1) is 37.4. The molecule has 0 saturated heterocycles. The summed E-state index contributed by atoms with van der Waals surface area (Å²) < 4.78 is 2.32. The molecule has 48 heavy (non-hydrogen) atoms. The van der Waals surface area contributed by atoms with Gasteiger partial charge in [-0.25, -0.2) is 9.97 Å². The van der Waals surface area contributed by atoms with Gasteiger partial charge in [-0.05, 0) is 30.0 Å². The van der Waals surface area contributed by atoms with Crippen molar-refractivity contribution in [3.63, 3.8) is 0 Å². The zero-order valence-electron chi connectivity index (χ0n) is 30.2. The number of para-hydroxylation sites is 1. The van der Waals surface area contributed by atoms with Gasteiger partial charge in [-0.1, -0.05) is 165 Å². The van der Waals surface area contributed by atoms with E-state index in [2.05, 4.69) is 59.0 Å². The predicted molar refractivity (Wildman–Crippen MR) is 204 cm³/mol. The summed E-state index contributed by atoms with van der Waals surface area (Å²) in [4.78, 5) is 22.1. The number of amides is 1. The molecule has 4 rings (SSSR count). The first-order valence-corrected chi connectivity index (χ1v) is 19.5. The van der Waals surface area contributed by atoms with E-state index in [0.717, 1.165) is 72.0 Å². The number of nitrogen functional groups attached to an aromatic ring is 1. The molecule has 0 atom stereocenters. The number of carbonyl (C=O) groups is 1. The molecule has 0 aliphatic carbocycles. The zero-order chi connectivity index (χ0) is 33.8. The van der Waals surface area contributed by atoms with Gasteiger partial charge < -0.3 is 15.6 Å². The Labute approximate surface area is 290 Å². The van der Waals surface area contributed by atoms with Gasteiger partial charge in [0.05, 0.1) is 11.0 Å². The number of pyridine rings is 1. The molecular formula is C42H63N5O. The number of benzene rings is 2. The van der Waals surface area contributed by atoms with E-state index in [1.807, 2.05) is 18.2 Å². The number of nitrogens with zero attached hydrogens (tertiary/aromatic N) is 3. The third kappa shape index (κ3) is 12.2. The smallest absolute Gasteiger partial charge is 0.220 e. The fourth-order valence-corrected chi connectivity index (χ4v) is 6.85. The summed E-state index contributed by atoms with van der Waals surface area (Å²) in [6.45, 7) is 5.78. The van der Waals surface area contributed by atoms with Crippen molar-refractivity contribution in [3.05, 3.63) is 65.5 Å². The summed E-state index contributed by atoms with van der Waals surface area (Å²) in [6.07, 6.45) is 26.7. The first-order chi connectivity index (χ1) is 23.6. The molecule has 262 valence electrons. The number of hydrogen-bond donors (Lipinski definition) is 2. The van der Waals surface area contributed by atoms with Gasteiger partial charge in [0.1, 0.15) is 11.3 Å². The number of anilines is 1. The van der Waals surface area contributed by atoms with E-state index in [-0.39, 0.29) is 5.91 Å². The Morgan fingerprint density at radius 2 is 1.21 bits per heavy atom. The molecule has 2 heterocycles. The molecule has 3 N–H and O–H groups in total. The van der Waals surface area contributed by atoms with Crippen molar-refractivity contribution in [2.24, 2.45) is 0 Å². The van der Waals surface area contributed by atoms with Gasteiger partial charge >= 0.3 is 0 Å². The molecule has 0 saturated carbocycles. The van der Waals surface area contributed by atoms with Gasteiger partial charge in [0.2, 0.25) is 5.91 Å². The molecule has 1 amide bonds. The average molecular weight is 654 g/mol. The van der Waals surface area contributed by atoms with Crippen LogP contribution in [0.15, 0.2) is 48.5 Å². The molecule has 0 aliphatic rings. The van der Waals surface area contributed by atoms with Crippen LogP contribution < -0.4 is 11.1 Å². The molecule has 0 aliphatic heterocycles. The second kappa shape index (κ2) is 21.5. The van der Waals surface area contributed by atoms with Crippen LogP contribution >= 0.6 is 0 Å². The predicted octanol–water partition coefficient (Wildman–Crippen LogP) is 11.2. The maximum Gasteiger partial charge on any atom is 0.220 e. The largest absolute Gasteiger partial charge is 0.382 e. The number of imidazole rings is 1. The summed E-state index contributed by atoms with van der Waals surface area (Å²) in [5.74, 6) is 1.70. The van der Waals surface area contributed by atoms with E-state index >= 15 is 0 Å². The summed E-state index contributed by atoms with van der Waals surface area (Å²) in [6, 6.07) is 16.8. The maximum atomic E-state index is 12.5. The second-order valence-electron chi connectivity index (χ2n) is 13.9. The average Bonchev–Trinajstić information content (AvgIpc) is 3.47. The summed E-state index contributed by atoms with van der Waals surface area (Å²) in [5, 5.41) is 4.21. The van der Waals surface area contributed by atoms with Gasteiger partial charge in [-0.15, -0.1) is 0 Å². The van der Waals surface area contributed by atoms with Crippen molar-refractivity contribution in [1.29, 1.82) is 0 Å². The van der Waals surface area contributed by atoms with Crippen LogP contribution in [0.4, 0.5) is 5.82 Å². The highest BCUT2D eigenvalue weighted by molar-refractivity contribution is 6.06. The lowest BCUT2D eigenvalue weighted by atomic mass is 10.0. The lowest BCUT2D eigenvalue weighted by Crippen LogP contribution is -2.22. The van der Waals surface area contributed by atoms with Crippen LogP contribution in [0.2, 0.25) is 0 Å². The molecule has 4 aromatic rings. The standard InChI is InChI=1S/C42H63N5O/c1-3-5-7-8-9-10-11-12-13-14-15-16-17-18-19-20-21-27-39(48)44-32-34-28-30-35(31-29-34)33-47-38(26-6-4-2)46-40-41(47)36-24-22-23-25-37(36)45-42(40)43/h22-25,28-31H,3-21,26-27,32-33H2,1-2H3,(H2,43,45)(H,44,48). The van der Waals surface area contributed by atoms with Crippen molar-refractivity contribution in [3.8, 4) is 0 Å². The van der Waals surface area contributed by atoms with Crippen LogP contribution in [0.1, 0.15) is 159 Å². The highest BCUT2D eigenvalue weighted by Gasteiger charge is 2.17. The van der Waals surface area contributed by atoms with E-state index in [9.17, 15) is 4.79 Å². The van der Waals surface area contributed by atoms with Crippen LogP contribution in [-0.4, -0.2) is 20.4 Å². The molecule has 0 radical (unpaired) electrons. The zero-order valence-corrected chi connectivity index (χ0v) is 30.2. The van der Waals surface area contributed by atoms with E-state index in [1.54, 1.807) is 0 Å². The van der Waals surface area contributed by atoms with Crippen molar-refractivity contribution in [2.45, 2.75) is 162 Å². The lowest BCUT2D eigenvalue weighted by Gasteiger charge is -2.12. The quantitative estimate of drug-likeness (QED) is 0.0697. The number of aryl methyl sites for hydroxylation is 1. The molecule has 6 heteroatoms. The number of nitrogens with two attached hydrogens (primary N) is 1. The topological polar surface area (TPSA) is 85.8 Å². The SMILES string of the molecule is CCCCCCCCCCCCCCCCCCCC(=O)NCc1ccc(Cn2c(CCCC)nc3c(N)nc4ccccc4c32)cc1. The Kier molecular flexibility index (Phi) is 16.8. The first-order valence-electron chi connectivity index (χ1n) is 19.5. The number of unbranched alkanes of at least 4 members (excludes halogenated alkanes) is 17. The lowest BCUT2D eigenvalue weighted by molar-refractivity contribution is -0.121. The number of aromatic nitrogens is 3. The number of nitrogens with one attached hydrogen (secondary N) is 1. The van der Waals surface area contributed by atoms with Crippen LogP contribution in [-0.2, 0) is 24.3 Å². The Hall–Kier alpha value is -3.41. The van der Waals surface area contributed by atoms with E-state index in [4.69, 9.17) is 10.7 Å². The second-order valence-corrected chi connectivity index (χ2v) is 13.9. The number of hydrogen-bond acceptors (Lipinski definition) is 4. The number of fused-ring (bicyclic) bond motifs is 3. The summed E-state index contributed by atoms with van der Waals surface area (Å²) >= 11 is 0. The van der Waals surface area contributed by atoms with Gasteiger partial charge in [-0.3, -0.25) is 4.79 Å². The van der Waals surface area contributed by atoms with Crippen LogP contribution in [0.5, 0.6) is 0 Å². The Morgan fingerprint density at radius 3 is 1.81 bits per heavy atom. The third-order valence-corrected chi connectivity index (χ3v) is 9.80. The van der Waals surface area contributed by atoms with Crippen molar-refractivity contribution in [2.75, 3.05) is 5.73 Å². The van der Waals surface area contributed by atoms with Crippen LogP contribution in [0.3, 0.4) is 0 Å². The van der Waals surface area contributed by atoms with Gasteiger partial charge in [0, 0.05) is 31.3 Å². The Morgan fingerprint density at radius 1 is 0.667 bits per heavy atom. The van der Waals surface area contributed by atoms with Crippen LogP contribution in [0, 0.1) is 0 Å². The van der Waals surface area contributed by atoms with Gasteiger partial charge in [0.25, 0.3) is 0 Å². The van der Waals surface area contributed by atoms with Crippen molar-refractivity contribution >= 4 is 33.7 Å². The molecular weight excluding hydrogens is 590 g/mol. The van der Waals surface area contributed by atoms with Gasteiger partial charge in [-0.2, -0.15) is 0 Å². The normalized spacial score (nSPS) is 11.5. The minimum absolute atomic E-state index is 0.156. The van der Waals surface area contributed by atoms with Crippen molar-refractivity contribution in [1.82, 2.24) is 19.9 Å². The fourth-order valence-electron chi connectivity index (χ4n) is 6.85. The number of rotatable bonds is 25. The third-order valence-electron chi connectivity index (χ3n) is 9.80. The fraction of sp³-hybridized carbons (Fsp3) is 0.595. The summed E-state index contributed by atoms with van der Waals surface area (Å²) in [5.41, 5.74) is 11.4. The minimum Gasteiger partial charge on any atom is -0.382 e. The highest BCUT2D eigenvalue weighted by Crippen LogP contribution is 2.30. The van der Waals surface area contributed by atoms with Crippen LogP contribution in [0.25, 0.3) is 21.9 Å². The molecule has 0 fully saturated rings. The maximum absolute atomic E-state index is 12.5. The molecule has 0 spiro atoms. The summed E-state index contributed by atoms with van der Waals surface area (Å²) in [7, 11) is 0. The minimum atomic E-state index is 0.156. The van der Waals surface area contributed by atoms with E-state index in [0.29, 0.717) is 18.8 Å². The molecule has 0 bridgehead atoms. The Balaban J connectivity index is 1.10. The van der Waals surface area contributed by atoms with Crippen molar-refractivity contribution < 1.29 is 4.79 Å². The Bertz CT molecular complexity index is 1490.